The summed E-state index contributed by atoms with van der Waals surface area (Å²) in [5.74, 6) is 0. The van der Waals surface area contributed by atoms with Crippen LogP contribution in [0.4, 0.5) is 0 Å². The standard InChI is InChI=1S/C6H4IN3O/c7-3-1-2-8-5-4(3)9-6(11)10-5/h1-2H,(H2,8,9,10,11). The molecule has 0 aliphatic rings. The fraction of sp³-hybridized carbons (Fsp3) is 0. The van der Waals surface area contributed by atoms with Crippen molar-refractivity contribution in [3.63, 3.8) is 0 Å². The molecule has 0 aliphatic heterocycles. The van der Waals surface area contributed by atoms with E-state index < -0.39 is 0 Å². The molecule has 2 aromatic heterocycles. The highest BCUT2D eigenvalue weighted by atomic mass is 127. The van der Waals surface area contributed by atoms with Crippen LogP contribution < -0.4 is 5.69 Å². The van der Waals surface area contributed by atoms with Crippen LogP contribution in [-0.4, -0.2) is 15.0 Å². The third kappa shape index (κ3) is 1.05. The molecule has 0 atom stereocenters. The highest BCUT2D eigenvalue weighted by molar-refractivity contribution is 14.1. The van der Waals surface area contributed by atoms with Crippen LogP contribution in [0, 0.1) is 3.57 Å². The van der Waals surface area contributed by atoms with E-state index in [0.29, 0.717) is 5.65 Å². The summed E-state index contributed by atoms with van der Waals surface area (Å²) in [6, 6.07) is 1.84. The molecule has 5 heteroatoms. The molecule has 0 aliphatic carbocycles. The summed E-state index contributed by atoms with van der Waals surface area (Å²) < 4.78 is 0.992. The van der Waals surface area contributed by atoms with Gasteiger partial charge in [-0.05, 0) is 28.7 Å². The van der Waals surface area contributed by atoms with Gasteiger partial charge < -0.3 is 4.98 Å². The number of hydrogen-bond donors (Lipinski definition) is 2. The molecule has 11 heavy (non-hydrogen) atoms. The first kappa shape index (κ1) is 6.84. The molecule has 2 N–H and O–H groups in total. The van der Waals surface area contributed by atoms with Gasteiger partial charge in [0.2, 0.25) is 0 Å². The zero-order valence-electron chi connectivity index (χ0n) is 5.39. The van der Waals surface area contributed by atoms with Crippen LogP contribution in [0.2, 0.25) is 0 Å². The lowest BCUT2D eigenvalue weighted by molar-refractivity contribution is 1.20. The van der Waals surface area contributed by atoms with E-state index in [1.165, 1.54) is 0 Å². The van der Waals surface area contributed by atoms with E-state index in [0.717, 1.165) is 9.09 Å². The molecule has 2 aromatic rings. The minimum Gasteiger partial charge on any atom is -0.303 e. The second kappa shape index (κ2) is 2.33. The highest BCUT2D eigenvalue weighted by Crippen LogP contribution is 2.11. The minimum absolute atomic E-state index is 0.211. The number of aromatic nitrogens is 3. The first-order valence-electron chi connectivity index (χ1n) is 3.00. The van der Waals surface area contributed by atoms with E-state index in [1.54, 1.807) is 6.20 Å². The predicted octanol–water partition coefficient (Wildman–Crippen LogP) is 0.856. The van der Waals surface area contributed by atoms with E-state index in [1.807, 2.05) is 6.07 Å². The highest BCUT2D eigenvalue weighted by Gasteiger charge is 2.00. The van der Waals surface area contributed by atoms with Crippen molar-refractivity contribution in [2.24, 2.45) is 0 Å². The second-order valence-electron chi connectivity index (χ2n) is 2.10. The van der Waals surface area contributed by atoms with E-state index in [-0.39, 0.29) is 5.69 Å². The van der Waals surface area contributed by atoms with Crippen LogP contribution in [0.3, 0.4) is 0 Å². The van der Waals surface area contributed by atoms with Crippen molar-refractivity contribution in [2.45, 2.75) is 0 Å². The van der Waals surface area contributed by atoms with E-state index >= 15 is 0 Å². The van der Waals surface area contributed by atoms with Crippen molar-refractivity contribution >= 4 is 33.8 Å². The van der Waals surface area contributed by atoms with Gasteiger partial charge >= 0.3 is 5.69 Å². The molecule has 4 nitrogen and oxygen atoms in total. The summed E-state index contributed by atoms with van der Waals surface area (Å²) in [4.78, 5) is 20.0. The smallest absolute Gasteiger partial charge is 0.303 e. The molecule has 0 radical (unpaired) electrons. The van der Waals surface area contributed by atoms with Crippen LogP contribution in [0.25, 0.3) is 11.2 Å². The molecule has 0 fully saturated rings. The quantitative estimate of drug-likeness (QED) is 0.691. The Balaban J connectivity index is 3.01. The fourth-order valence-corrected chi connectivity index (χ4v) is 1.46. The number of fused-ring (bicyclic) bond motifs is 1. The zero-order chi connectivity index (χ0) is 7.84. The Bertz CT molecular complexity index is 444. The average Bonchev–Trinajstić information content (AvgIpc) is 2.31. The lowest BCUT2D eigenvalue weighted by Crippen LogP contribution is -1.99. The maximum Gasteiger partial charge on any atom is 0.325 e. The van der Waals surface area contributed by atoms with E-state index in [9.17, 15) is 4.79 Å². The topological polar surface area (TPSA) is 61.5 Å². The molecular weight excluding hydrogens is 257 g/mol. The van der Waals surface area contributed by atoms with Crippen molar-refractivity contribution in [1.82, 2.24) is 15.0 Å². The van der Waals surface area contributed by atoms with Gasteiger partial charge in [0.15, 0.2) is 5.65 Å². The second-order valence-corrected chi connectivity index (χ2v) is 3.26. The lowest BCUT2D eigenvalue weighted by atomic mass is 10.4. The van der Waals surface area contributed by atoms with Crippen LogP contribution >= 0.6 is 22.6 Å². The number of imidazole rings is 1. The monoisotopic (exact) mass is 261 g/mol. The largest absolute Gasteiger partial charge is 0.325 e. The summed E-state index contributed by atoms with van der Waals surface area (Å²) in [5, 5.41) is 0. The molecule has 0 unspecified atom stereocenters. The Morgan fingerprint density at radius 3 is 3.00 bits per heavy atom. The average molecular weight is 261 g/mol. The first-order valence-corrected chi connectivity index (χ1v) is 4.08. The maximum atomic E-state index is 10.8. The van der Waals surface area contributed by atoms with Crippen molar-refractivity contribution in [3.05, 3.63) is 26.3 Å². The van der Waals surface area contributed by atoms with Gasteiger partial charge in [-0.2, -0.15) is 0 Å². The van der Waals surface area contributed by atoms with Crippen molar-refractivity contribution in [3.8, 4) is 0 Å². The number of hydrogen-bond acceptors (Lipinski definition) is 2. The summed E-state index contributed by atoms with van der Waals surface area (Å²) in [6.45, 7) is 0. The maximum absolute atomic E-state index is 10.8. The summed E-state index contributed by atoms with van der Waals surface area (Å²) in [6.07, 6.45) is 1.66. The number of H-pyrrole nitrogens is 2. The minimum atomic E-state index is -0.211. The predicted molar refractivity (Wildman–Crippen MR) is 49.4 cm³/mol. The number of nitrogens with zero attached hydrogens (tertiary/aromatic N) is 1. The van der Waals surface area contributed by atoms with Gasteiger partial charge in [-0.3, -0.25) is 4.98 Å². The van der Waals surface area contributed by atoms with Gasteiger partial charge in [0.05, 0.1) is 5.52 Å². The molecule has 2 heterocycles. The Hall–Kier alpha value is -0.850. The van der Waals surface area contributed by atoms with Gasteiger partial charge in [-0.15, -0.1) is 0 Å². The SMILES string of the molecule is O=c1[nH]c2nccc(I)c2[nH]1. The van der Waals surface area contributed by atoms with Crippen molar-refractivity contribution < 1.29 is 0 Å². The number of pyridine rings is 1. The number of halogens is 1. The normalized spacial score (nSPS) is 10.6. The molecular formula is C6H4IN3O. The Morgan fingerprint density at radius 2 is 2.27 bits per heavy atom. The molecule has 0 saturated carbocycles. The Morgan fingerprint density at radius 1 is 1.45 bits per heavy atom. The molecule has 0 bridgehead atoms. The van der Waals surface area contributed by atoms with Crippen LogP contribution in [0.15, 0.2) is 17.1 Å². The summed E-state index contributed by atoms with van der Waals surface area (Å²) >= 11 is 2.14. The van der Waals surface area contributed by atoms with Gasteiger partial charge in [-0.25, -0.2) is 9.78 Å². The summed E-state index contributed by atoms with van der Waals surface area (Å²) in [5.41, 5.74) is 1.18. The lowest BCUT2D eigenvalue weighted by Gasteiger charge is -1.88. The van der Waals surface area contributed by atoms with Crippen molar-refractivity contribution in [2.75, 3.05) is 0 Å². The Kier molecular flexibility index (Phi) is 1.45. The van der Waals surface area contributed by atoms with Gasteiger partial charge in [0, 0.05) is 9.77 Å². The molecule has 0 amide bonds. The number of rotatable bonds is 0. The molecule has 0 aromatic carbocycles. The molecule has 2 rings (SSSR count). The first-order chi connectivity index (χ1) is 5.27. The van der Waals surface area contributed by atoms with Crippen LogP contribution in [-0.2, 0) is 0 Å². The third-order valence-electron chi connectivity index (χ3n) is 1.37. The summed E-state index contributed by atoms with van der Waals surface area (Å²) in [7, 11) is 0. The van der Waals surface area contributed by atoms with Gasteiger partial charge in [-0.1, -0.05) is 0 Å². The third-order valence-corrected chi connectivity index (χ3v) is 2.27. The van der Waals surface area contributed by atoms with Gasteiger partial charge in [0.1, 0.15) is 0 Å². The molecule has 0 spiro atoms. The van der Waals surface area contributed by atoms with Crippen LogP contribution in [0.5, 0.6) is 0 Å². The van der Waals surface area contributed by atoms with Gasteiger partial charge in [0.25, 0.3) is 0 Å². The fourth-order valence-electron chi connectivity index (χ4n) is 0.904. The van der Waals surface area contributed by atoms with Crippen molar-refractivity contribution in [1.29, 1.82) is 0 Å². The van der Waals surface area contributed by atoms with E-state index in [4.69, 9.17) is 0 Å². The molecule has 56 valence electrons. The van der Waals surface area contributed by atoms with Crippen LogP contribution in [0.1, 0.15) is 0 Å². The number of aromatic amines is 2. The molecule has 0 saturated heterocycles. The Labute approximate surface area is 75.2 Å². The number of nitrogens with one attached hydrogen (secondary N) is 2. The van der Waals surface area contributed by atoms with E-state index in [2.05, 4.69) is 37.5 Å². The zero-order valence-corrected chi connectivity index (χ0v) is 7.55.